The Balaban J connectivity index is 2.16. The summed E-state index contributed by atoms with van der Waals surface area (Å²) in [4.78, 5) is 3.91. The first-order valence-corrected chi connectivity index (χ1v) is 4.36. The highest BCUT2D eigenvalue weighted by molar-refractivity contribution is 5.06. The smallest absolute Gasteiger partial charge is 0.0920 e. The Morgan fingerprint density at radius 3 is 2.92 bits per heavy atom. The molecule has 0 aliphatic heterocycles. The molecule has 0 atom stereocenters. The summed E-state index contributed by atoms with van der Waals surface area (Å²) in [5.41, 5.74) is 1.16. The Bertz CT molecular complexity index is 198. The number of pyridine rings is 1. The van der Waals surface area contributed by atoms with E-state index in [1.165, 1.54) is 0 Å². The number of rotatable bonds is 5. The van der Waals surface area contributed by atoms with E-state index in [-0.39, 0.29) is 0 Å². The van der Waals surface area contributed by atoms with Crippen LogP contribution in [0.1, 0.15) is 24.8 Å². The zero-order valence-corrected chi connectivity index (χ0v) is 7.16. The zero-order chi connectivity index (χ0) is 8.65. The van der Waals surface area contributed by atoms with Gasteiger partial charge in [0.15, 0.2) is 0 Å². The van der Waals surface area contributed by atoms with E-state index in [2.05, 4.69) is 11.2 Å². The zero-order valence-electron chi connectivity index (χ0n) is 7.16. The molecule has 2 nitrogen and oxygen atoms in total. The number of unbranched alkanes of at least 4 members (excludes halogenated alkanes) is 2. The predicted octanol–water partition coefficient (Wildman–Crippen LogP) is 1.59. The van der Waals surface area contributed by atoms with Crippen LogP contribution in [0.3, 0.4) is 0 Å². The second-order valence-corrected chi connectivity index (χ2v) is 2.81. The monoisotopic (exact) mass is 164 g/mol. The molecule has 0 fully saturated rings. The van der Waals surface area contributed by atoms with Crippen molar-refractivity contribution >= 4 is 0 Å². The maximum Gasteiger partial charge on any atom is 0.0920 e. The maximum absolute atomic E-state index is 8.54. The highest BCUT2D eigenvalue weighted by atomic mass is 16.2. The van der Waals surface area contributed by atoms with E-state index in [9.17, 15) is 0 Å². The lowest BCUT2D eigenvalue weighted by molar-refractivity contribution is 0.283. The first kappa shape index (κ1) is 9.20. The minimum atomic E-state index is 0.302. The third-order valence-corrected chi connectivity index (χ3v) is 1.77. The summed E-state index contributed by atoms with van der Waals surface area (Å²) in [5.74, 6) is 0. The van der Waals surface area contributed by atoms with E-state index < -0.39 is 0 Å². The average Bonchev–Trinajstić information content (AvgIpc) is 2.14. The van der Waals surface area contributed by atoms with Gasteiger partial charge in [-0.2, -0.15) is 0 Å². The fraction of sp³-hybridized carbons (Fsp3) is 0.500. The molecule has 1 N–H and O–H groups in total. The summed E-state index contributed by atoms with van der Waals surface area (Å²) in [7, 11) is 0. The topological polar surface area (TPSA) is 33.1 Å². The molecule has 0 aromatic carbocycles. The highest BCUT2D eigenvalue weighted by Gasteiger charge is 1.92. The molecule has 0 aliphatic rings. The number of hydrogen-bond donors (Lipinski definition) is 1. The summed E-state index contributed by atoms with van der Waals surface area (Å²) in [6.07, 6.45) is 8.79. The Morgan fingerprint density at radius 1 is 1.33 bits per heavy atom. The van der Waals surface area contributed by atoms with Crippen LogP contribution in [0.5, 0.6) is 0 Å². The van der Waals surface area contributed by atoms with Crippen molar-refractivity contribution in [3.8, 4) is 0 Å². The van der Waals surface area contributed by atoms with Gasteiger partial charge in [-0.1, -0.05) is 12.5 Å². The van der Waals surface area contributed by atoms with E-state index in [0.29, 0.717) is 6.61 Å². The summed E-state index contributed by atoms with van der Waals surface area (Å²) in [6, 6.07) is 3.96. The number of aromatic nitrogens is 1. The van der Waals surface area contributed by atoms with Crippen LogP contribution in [0.15, 0.2) is 18.3 Å². The number of aliphatic hydroxyl groups excluding tert-OH is 1. The standard InChI is InChI=1S/C10H14NO/c12-8-3-1-2-5-10-6-4-7-11-9-10/h4,6-7,12H,1-3,5,8H2. The molecule has 0 aliphatic carbocycles. The van der Waals surface area contributed by atoms with E-state index in [4.69, 9.17) is 5.11 Å². The molecule has 1 aromatic heterocycles. The van der Waals surface area contributed by atoms with Gasteiger partial charge in [-0.3, -0.25) is 4.98 Å². The molecule has 12 heavy (non-hydrogen) atoms. The molecule has 2 heteroatoms. The minimum absolute atomic E-state index is 0.302. The molecule has 1 rings (SSSR count). The first-order chi connectivity index (χ1) is 5.93. The highest BCUT2D eigenvalue weighted by Crippen LogP contribution is 2.03. The average molecular weight is 164 g/mol. The van der Waals surface area contributed by atoms with E-state index >= 15 is 0 Å². The van der Waals surface area contributed by atoms with Gasteiger partial charge < -0.3 is 5.11 Å². The fourth-order valence-electron chi connectivity index (χ4n) is 1.10. The van der Waals surface area contributed by atoms with Crippen molar-refractivity contribution in [2.75, 3.05) is 6.61 Å². The number of hydrogen-bond acceptors (Lipinski definition) is 2. The van der Waals surface area contributed by atoms with Crippen LogP contribution in [0.4, 0.5) is 0 Å². The van der Waals surface area contributed by atoms with Crippen molar-refractivity contribution in [3.05, 3.63) is 30.1 Å². The van der Waals surface area contributed by atoms with E-state index in [1.54, 1.807) is 6.20 Å². The van der Waals surface area contributed by atoms with Gasteiger partial charge in [-0.05, 0) is 30.9 Å². The largest absolute Gasteiger partial charge is 0.396 e. The van der Waals surface area contributed by atoms with Gasteiger partial charge in [0.25, 0.3) is 0 Å². The summed E-state index contributed by atoms with van der Waals surface area (Å²) in [5, 5.41) is 8.54. The van der Waals surface area contributed by atoms with Crippen LogP contribution in [0, 0.1) is 6.20 Å². The molecule has 0 spiro atoms. The molecule has 65 valence electrons. The molecule has 1 heterocycles. The van der Waals surface area contributed by atoms with Gasteiger partial charge in [-0.15, -0.1) is 0 Å². The van der Waals surface area contributed by atoms with Crippen molar-refractivity contribution in [2.45, 2.75) is 25.7 Å². The van der Waals surface area contributed by atoms with Crippen LogP contribution >= 0.6 is 0 Å². The van der Waals surface area contributed by atoms with Gasteiger partial charge >= 0.3 is 0 Å². The summed E-state index contributed by atoms with van der Waals surface area (Å²) in [6.45, 7) is 0.302. The van der Waals surface area contributed by atoms with E-state index in [0.717, 1.165) is 31.2 Å². The van der Waals surface area contributed by atoms with Crippen LogP contribution in [0.25, 0.3) is 0 Å². The normalized spacial score (nSPS) is 10.1. The van der Waals surface area contributed by atoms with Gasteiger partial charge in [-0.25, -0.2) is 0 Å². The minimum Gasteiger partial charge on any atom is -0.396 e. The fourth-order valence-corrected chi connectivity index (χ4v) is 1.10. The second kappa shape index (κ2) is 5.72. The Hall–Kier alpha value is -0.890. The molecule has 0 unspecified atom stereocenters. The SMILES string of the molecule is OCCCCCc1[c]nccc1. The van der Waals surface area contributed by atoms with Crippen LogP contribution < -0.4 is 0 Å². The van der Waals surface area contributed by atoms with Crippen LogP contribution in [0.2, 0.25) is 0 Å². The summed E-state index contributed by atoms with van der Waals surface area (Å²) >= 11 is 0. The number of nitrogens with zero attached hydrogens (tertiary/aromatic N) is 1. The Labute approximate surface area is 73.3 Å². The molecule has 0 bridgehead atoms. The molecule has 0 saturated carbocycles. The molecular formula is C10H14NO. The number of aryl methyl sites for hydroxylation is 1. The predicted molar refractivity (Wildman–Crippen MR) is 47.7 cm³/mol. The third kappa shape index (κ3) is 3.49. The van der Waals surface area contributed by atoms with Gasteiger partial charge in [0.2, 0.25) is 0 Å². The van der Waals surface area contributed by atoms with Crippen LogP contribution in [-0.4, -0.2) is 16.7 Å². The van der Waals surface area contributed by atoms with Gasteiger partial charge in [0.1, 0.15) is 0 Å². The van der Waals surface area contributed by atoms with Gasteiger partial charge in [0, 0.05) is 12.8 Å². The lowest BCUT2D eigenvalue weighted by Crippen LogP contribution is -1.88. The van der Waals surface area contributed by atoms with Crippen molar-refractivity contribution in [3.63, 3.8) is 0 Å². The van der Waals surface area contributed by atoms with Gasteiger partial charge in [0.05, 0.1) is 6.20 Å². The summed E-state index contributed by atoms with van der Waals surface area (Å²) < 4.78 is 0. The molecule has 0 amide bonds. The lowest BCUT2D eigenvalue weighted by Gasteiger charge is -1.98. The quantitative estimate of drug-likeness (QED) is 0.670. The van der Waals surface area contributed by atoms with Crippen molar-refractivity contribution in [1.82, 2.24) is 4.98 Å². The van der Waals surface area contributed by atoms with E-state index in [1.807, 2.05) is 12.1 Å². The molecular weight excluding hydrogens is 150 g/mol. The van der Waals surface area contributed by atoms with Crippen LogP contribution in [-0.2, 0) is 6.42 Å². The maximum atomic E-state index is 8.54. The van der Waals surface area contributed by atoms with Crippen molar-refractivity contribution < 1.29 is 5.11 Å². The first-order valence-electron chi connectivity index (χ1n) is 4.36. The molecule has 0 saturated heterocycles. The number of aliphatic hydroxyl groups is 1. The van der Waals surface area contributed by atoms with Crippen molar-refractivity contribution in [2.24, 2.45) is 0 Å². The lowest BCUT2D eigenvalue weighted by atomic mass is 10.1. The van der Waals surface area contributed by atoms with Crippen molar-refractivity contribution in [1.29, 1.82) is 0 Å². The molecule has 1 radical (unpaired) electrons. The Morgan fingerprint density at radius 2 is 2.25 bits per heavy atom. The Kier molecular flexibility index (Phi) is 4.39. The second-order valence-electron chi connectivity index (χ2n) is 2.81. The molecule has 1 aromatic rings. The third-order valence-electron chi connectivity index (χ3n) is 1.77.